The number of carbonyl (C=O) groups excluding carboxylic acids is 1. The largest absolute Gasteiger partial charge is 0.458 e. The van der Waals surface area contributed by atoms with Gasteiger partial charge in [0.05, 0.1) is 0 Å². The topological polar surface area (TPSA) is 26.3 Å². The summed E-state index contributed by atoms with van der Waals surface area (Å²) in [6, 6.07) is 0. The van der Waals surface area contributed by atoms with E-state index in [1.165, 1.54) is 0 Å². The van der Waals surface area contributed by atoms with E-state index in [9.17, 15) is 4.79 Å². The first kappa shape index (κ1) is 12.1. The number of esters is 1. The second-order valence-corrected chi connectivity index (χ2v) is 4.66. The molecular weight excluding hydrogens is 222 g/mol. The maximum Gasteiger partial charge on any atom is 0.358 e. The second-order valence-electron chi connectivity index (χ2n) is 2.38. The quantitative estimate of drug-likeness (QED) is 0.415. The summed E-state index contributed by atoms with van der Waals surface area (Å²) in [6.45, 7) is 3.89. The fourth-order valence-electron chi connectivity index (χ4n) is 0.366. The van der Waals surface area contributed by atoms with Gasteiger partial charge >= 0.3 is 5.97 Å². The van der Waals surface area contributed by atoms with Crippen molar-refractivity contribution in [2.24, 2.45) is 0 Å². The summed E-state index contributed by atoms with van der Waals surface area (Å²) in [7, 11) is 0. The van der Waals surface area contributed by atoms with Crippen molar-refractivity contribution in [2.45, 2.75) is 17.6 Å². The van der Waals surface area contributed by atoms with Gasteiger partial charge in [-0.2, -0.15) is 0 Å². The highest BCUT2D eigenvalue weighted by Crippen LogP contribution is 2.27. The summed E-state index contributed by atoms with van der Waals surface area (Å²) in [4.78, 5) is 10.8. The molecule has 70 valence electrons. The molecule has 0 bridgehead atoms. The van der Waals surface area contributed by atoms with Crippen molar-refractivity contribution in [3.05, 3.63) is 11.6 Å². The zero-order valence-electron chi connectivity index (χ0n) is 6.73. The van der Waals surface area contributed by atoms with Crippen molar-refractivity contribution in [3.63, 3.8) is 0 Å². The molecule has 0 aromatic rings. The van der Waals surface area contributed by atoms with Crippen LogP contribution in [0, 0.1) is 0 Å². The highest BCUT2D eigenvalue weighted by molar-refractivity contribution is 6.75. The molecule has 0 aromatic carbocycles. The van der Waals surface area contributed by atoms with E-state index in [-0.39, 0.29) is 6.61 Å². The van der Waals surface area contributed by atoms with Gasteiger partial charge in [0.2, 0.25) is 0 Å². The Morgan fingerprint density at radius 3 is 2.25 bits per heavy atom. The van der Waals surface area contributed by atoms with Crippen molar-refractivity contribution >= 4 is 40.8 Å². The van der Waals surface area contributed by atoms with Gasteiger partial charge in [-0.1, -0.05) is 40.4 Å². The molecule has 0 atom stereocenters. The highest BCUT2D eigenvalue weighted by atomic mass is 35.6. The van der Waals surface area contributed by atoms with Gasteiger partial charge in [0, 0.05) is 0 Å². The normalized spacial score (nSPS) is 10.8. The molecule has 0 aliphatic heterocycles. The van der Waals surface area contributed by atoms with Crippen LogP contribution in [-0.2, 0) is 9.53 Å². The Labute approximate surface area is 86.4 Å². The van der Waals surface area contributed by atoms with Gasteiger partial charge in [-0.05, 0) is 19.9 Å². The van der Waals surface area contributed by atoms with Crippen LogP contribution in [0.2, 0.25) is 0 Å². The minimum atomic E-state index is -1.98. The van der Waals surface area contributed by atoms with Crippen LogP contribution in [0.3, 0.4) is 0 Å². The SMILES string of the molecule is CC(C)=CCOC(=O)C(Cl)(Cl)Cl. The molecule has 0 spiro atoms. The molecule has 0 aliphatic carbocycles. The summed E-state index contributed by atoms with van der Waals surface area (Å²) in [5.74, 6) is -0.856. The summed E-state index contributed by atoms with van der Waals surface area (Å²) in [5.41, 5.74) is 1.03. The number of allylic oxidation sites excluding steroid dienone is 1. The van der Waals surface area contributed by atoms with Gasteiger partial charge < -0.3 is 4.74 Å². The molecular formula is C7H9Cl3O2. The third-order valence-corrected chi connectivity index (χ3v) is 1.40. The smallest absolute Gasteiger partial charge is 0.358 e. The van der Waals surface area contributed by atoms with E-state index in [4.69, 9.17) is 34.8 Å². The minimum absolute atomic E-state index is 0.134. The van der Waals surface area contributed by atoms with Gasteiger partial charge in [-0.25, -0.2) is 4.79 Å². The number of alkyl halides is 3. The van der Waals surface area contributed by atoms with E-state index in [1.807, 2.05) is 13.8 Å². The van der Waals surface area contributed by atoms with E-state index in [0.29, 0.717) is 0 Å². The fraction of sp³-hybridized carbons (Fsp3) is 0.571. The Kier molecular flexibility index (Phi) is 4.98. The van der Waals surface area contributed by atoms with Crippen LogP contribution in [0.5, 0.6) is 0 Å². The van der Waals surface area contributed by atoms with E-state index in [1.54, 1.807) is 6.08 Å². The van der Waals surface area contributed by atoms with Crippen LogP contribution >= 0.6 is 34.8 Å². The molecule has 0 radical (unpaired) electrons. The first-order valence-corrected chi connectivity index (χ1v) is 4.34. The molecule has 0 heterocycles. The molecule has 2 nitrogen and oxygen atoms in total. The molecule has 0 fully saturated rings. The van der Waals surface area contributed by atoms with Crippen molar-refractivity contribution < 1.29 is 9.53 Å². The molecule has 0 amide bonds. The Bertz CT molecular complexity index is 189. The van der Waals surface area contributed by atoms with Crippen LogP contribution in [0.25, 0.3) is 0 Å². The summed E-state index contributed by atoms with van der Waals surface area (Å²) in [6.07, 6.45) is 1.72. The number of hydrogen-bond acceptors (Lipinski definition) is 2. The maximum atomic E-state index is 10.8. The lowest BCUT2D eigenvalue weighted by atomic mass is 10.3. The molecule has 0 aliphatic rings. The lowest BCUT2D eigenvalue weighted by molar-refractivity contribution is -0.141. The molecule has 0 saturated carbocycles. The number of halogens is 3. The second kappa shape index (κ2) is 4.95. The van der Waals surface area contributed by atoms with Crippen LogP contribution in [0.15, 0.2) is 11.6 Å². The lowest BCUT2D eigenvalue weighted by Gasteiger charge is -2.08. The fourth-order valence-corrected chi connectivity index (χ4v) is 0.530. The zero-order valence-corrected chi connectivity index (χ0v) is 9.00. The Morgan fingerprint density at radius 1 is 1.42 bits per heavy atom. The van der Waals surface area contributed by atoms with E-state index in [2.05, 4.69) is 4.74 Å². The summed E-state index contributed by atoms with van der Waals surface area (Å²) in [5, 5.41) is 0. The predicted octanol–water partition coefficient (Wildman–Crippen LogP) is 2.87. The standard InChI is InChI=1S/C7H9Cl3O2/c1-5(2)3-4-12-6(11)7(8,9)10/h3H,4H2,1-2H3. The molecule has 0 rings (SSSR count). The van der Waals surface area contributed by atoms with E-state index >= 15 is 0 Å². The molecule has 0 saturated heterocycles. The van der Waals surface area contributed by atoms with Crippen molar-refractivity contribution in [1.82, 2.24) is 0 Å². The Morgan fingerprint density at radius 2 is 1.92 bits per heavy atom. The van der Waals surface area contributed by atoms with Gasteiger partial charge in [-0.3, -0.25) is 0 Å². The minimum Gasteiger partial charge on any atom is -0.458 e. The van der Waals surface area contributed by atoms with E-state index in [0.717, 1.165) is 5.57 Å². The van der Waals surface area contributed by atoms with Crippen LogP contribution < -0.4 is 0 Å². The van der Waals surface area contributed by atoms with Crippen molar-refractivity contribution in [3.8, 4) is 0 Å². The summed E-state index contributed by atoms with van der Waals surface area (Å²) >= 11 is 15.7. The molecule has 12 heavy (non-hydrogen) atoms. The van der Waals surface area contributed by atoms with Gasteiger partial charge in [-0.15, -0.1) is 0 Å². The number of ether oxygens (including phenoxy) is 1. The van der Waals surface area contributed by atoms with Crippen LogP contribution in [-0.4, -0.2) is 16.4 Å². The Hall–Kier alpha value is 0.0800. The molecule has 0 unspecified atom stereocenters. The maximum absolute atomic E-state index is 10.8. The van der Waals surface area contributed by atoms with Gasteiger partial charge in [0.25, 0.3) is 3.79 Å². The number of carbonyl (C=O) groups is 1. The van der Waals surface area contributed by atoms with E-state index < -0.39 is 9.76 Å². The number of rotatable bonds is 2. The monoisotopic (exact) mass is 230 g/mol. The lowest BCUT2D eigenvalue weighted by Crippen LogP contribution is -2.21. The van der Waals surface area contributed by atoms with Crippen LogP contribution in [0.4, 0.5) is 0 Å². The first-order valence-electron chi connectivity index (χ1n) is 3.21. The molecule has 0 aromatic heterocycles. The average molecular weight is 232 g/mol. The third-order valence-electron chi connectivity index (χ3n) is 0.937. The van der Waals surface area contributed by atoms with Gasteiger partial charge in [0.1, 0.15) is 6.61 Å². The summed E-state index contributed by atoms with van der Waals surface area (Å²) < 4.78 is 2.63. The predicted molar refractivity (Wildman–Crippen MR) is 50.7 cm³/mol. The average Bonchev–Trinajstić information content (AvgIpc) is 1.84. The van der Waals surface area contributed by atoms with Crippen molar-refractivity contribution in [1.29, 1.82) is 0 Å². The Balaban J connectivity index is 3.82. The zero-order chi connectivity index (χ0) is 9.78. The number of hydrogen-bond donors (Lipinski definition) is 0. The first-order chi connectivity index (χ1) is 5.34. The molecule has 0 N–H and O–H groups in total. The van der Waals surface area contributed by atoms with Crippen molar-refractivity contribution in [2.75, 3.05) is 6.61 Å². The van der Waals surface area contributed by atoms with Crippen LogP contribution in [0.1, 0.15) is 13.8 Å². The molecule has 5 heteroatoms. The van der Waals surface area contributed by atoms with Gasteiger partial charge in [0.15, 0.2) is 0 Å². The third kappa shape index (κ3) is 5.70. The highest BCUT2D eigenvalue weighted by Gasteiger charge is 2.32.